The van der Waals surface area contributed by atoms with E-state index in [9.17, 15) is 9.18 Å². The van der Waals surface area contributed by atoms with E-state index in [1.807, 2.05) is 6.07 Å². The summed E-state index contributed by atoms with van der Waals surface area (Å²) in [5, 5.41) is 3.55. The van der Waals surface area contributed by atoms with Crippen LogP contribution < -0.4 is 10.2 Å². The van der Waals surface area contributed by atoms with E-state index >= 15 is 0 Å². The van der Waals surface area contributed by atoms with Crippen LogP contribution in [-0.2, 0) is 4.79 Å². The van der Waals surface area contributed by atoms with E-state index in [0.717, 1.165) is 10.6 Å². The van der Waals surface area contributed by atoms with E-state index < -0.39 is 5.67 Å². The van der Waals surface area contributed by atoms with E-state index in [4.69, 9.17) is 0 Å². The Balaban J connectivity index is 1.68. The van der Waals surface area contributed by atoms with Crippen LogP contribution >= 0.6 is 23.1 Å². The molecule has 1 amide bonds. The topological polar surface area (TPSA) is 45.2 Å². The summed E-state index contributed by atoms with van der Waals surface area (Å²) in [6.45, 7) is 2.78. The SMILES string of the molecule is CSc1ccc2nc(N3CCC(F)(CNC(C)=O)CC3)sc2c1. The van der Waals surface area contributed by atoms with Crippen LogP contribution in [0.4, 0.5) is 9.52 Å². The number of carbonyl (C=O) groups excluding carboxylic acids is 1. The molecule has 2 heterocycles. The van der Waals surface area contributed by atoms with Gasteiger partial charge in [-0.1, -0.05) is 11.3 Å². The summed E-state index contributed by atoms with van der Waals surface area (Å²) in [5.41, 5.74) is -0.302. The summed E-state index contributed by atoms with van der Waals surface area (Å²) in [5.74, 6) is -0.180. The summed E-state index contributed by atoms with van der Waals surface area (Å²) < 4.78 is 15.8. The molecule has 0 unspecified atom stereocenters. The average molecular weight is 353 g/mol. The summed E-state index contributed by atoms with van der Waals surface area (Å²) in [7, 11) is 0. The highest BCUT2D eigenvalue weighted by atomic mass is 32.2. The number of halogens is 1. The molecule has 1 saturated heterocycles. The summed E-state index contributed by atoms with van der Waals surface area (Å²) in [6.07, 6.45) is 2.89. The van der Waals surface area contributed by atoms with Gasteiger partial charge in [0.1, 0.15) is 5.67 Å². The average Bonchev–Trinajstić information content (AvgIpc) is 2.96. The molecule has 7 heteroatoms. The third-order valence-electron chi connectivity index (χ3n) is 4.17. The van der Waals surface area contributed by atoms with Gasteiger partial charge in [0.05, 0.1) is 16.8 Å². The van der Waals surface area contributed by atoms with Crippen molar-refractivity contribution >= 4 is 44.4 Å². The summed E-state index contributed by atoms with van der Waals surface area (Å²) in [6, 6.07) is 6.27. The van der Waals surface area contributed by atoms with Crippen LogP contribution in [0.5, 0.6) is 0 Å². The quantitative estimate of drug-likeness (QED) is 0.855. The zero-order chi connectivity index (χ0) is 16.4. The molecule has 0 spiro atoms. The smallest absolute Gasteiger partial charge is 0.216 e. The van der Waals surface area contributed by atoms with Gasteiger partial charge in [-0.25, -0.2) is 9.37 Å². The van der Waals surface area contributed by atoms with Crippen molar-refractivity contribution in [3.63, 3.8) is 0 Å². The zero-order valence-electron chi connectivity index (χ0n) is 13.3. The minimum absolute atomic E-state index is 0.104. The molecule has 1 aliphatic rings. The monoisotopic (exact) mass is 353 g/mol. The van der Waals surface area contributed by atoms with Crippen molar-refractivity contribution < 1.29 is 9.18 Å². The van der Waals surface area contributed by atoms with Gasteiger partial charge in [0.25, 0.3) is 0 Å². The second-order valence-corrected chi connectivity index (χ2v) is 7.77. The maximum atomic E-state index is 14.7. The fourth-order valence-electron chi connectivity index (χ4n) is 2.71. The van der Waals surface area contributed by atoms with Crippen molar-refractivity contribution in [1.82, 2.24) is 10.3 Å². The lowest BCUT2D eigenvalue weighted by molar-refractivity contribution is -0.119. The van der Waals surface area contributed by atoms with E-state index in [2.05, 4.69) is 33.6 Å². The Bertz CT molecular complexity index is 710. The molecule has 0 atom stereocenters. The van der Waals surface area contributed by atoms with Gasteiger partial charge < -0.3 is 10.2 Å². The number of hydrogen-bond acceptors (Lipinski definition) is 5. The van der Waals surface area contributed by atoms with Crippen LogP contribution in [0.1, 0.15) is 19.8 Å². The molecule has 1 aliphatic heterocycles. The number of carbonyl (C=O) groups is 1. The van der Waals surface area contributed by atoms with Crippen LogP contribution in [0, 0.1) is 0 Å². The largest absolute Gasteiger partial charge is 0.353 e. The fourth-order valence-corrected chi connectivity index (χ4v) is 4.28. The van der Waals surface area contributed by atoms with E-state index in [-0.39, 0.29) is 12.5 Å². The van der Waals surface area contributed by atoms with Gasteiger partial charge in [-0.15, -0.1) is 11.8 Å². The molecule has 0 radical (unpaired) electrons. The number of fused-ring (bicyclic) bond motifs is 1. The Morgan fingerprint density at radius 1 is 1.48 bits per heavy atom. The molecular weight excluding hydrogens is 333 g/mol. The van der Waals surface area contributed by atoms with Crippen molar-refractivity contribution in [2.24, 2.45) is 0 Å². The first-order chi connectivity index (χ1) is 11.0. The van der Waals surface area contributed by atoms with Crippen LogP contribution in [-0.4, -0.2) is 42.4 Å². The maximum absolute atomic E-state index is 14.7. The standard InChI is InChI=1S/C16H20FN3OS2/c1-11(21)18-10-16(17)5-7-20(8-6-16)15-19-13-4-3-12(22-2)9-14(13)23-15/h3-4,9H,5-8,10H2,1-2H3,(H,18,21). The number of anilines is 1. The number of aromatic nitrogens is 1. The predicted molar refractivity (Wildman–Crippen MR) is 95.4 cm³/mol. The number of alkyl halides is 1. The number of nitrogens with zero attached hydrogens (tertiary/aromatic N) is 2. The van der Waals surface area contributed by atoms with Gasteiger partial charge in [0.15, 0.2) is 5.13 Å². The van der Waals surface area contributed by atoms with E-state index in [1.54, 1.807) is 23.1 Å². The lowest BCUT2D eigenvalue weighted by Crippen LogP contribution is -2.48. The number of nitrogens with one attached hydrogen (secondary N) is 1. The minimum Gasteiger partial charge on any atom is -0.353 e. The number of amides is 1. The predicted octanol–water partition coefficient (Wildman–Crippen LogP) is 3.46. The first kappa shape index (κ1) is 16.5. The highest BCUT2D eigenvalue weighted by Crippen LogP contribution is 2.35. The molecule has 124 valence electrons. The molecule has 23 heavy (non-hydrogen) atoms. The van der Waals surface area contributed by atoms with Crippen molar-refractivity contribution in [2.45, 2.75) is 30.3 Å². The van der Waals surface area contributed by atoms with E-state index in [1.165, 1.54) is 16.5 Å². The van der Waals surface area contributed by atoms with Gasteiger partial charge >= 0.3 is 0 Å². The molecule has 1 N–H and O–H groups in total. The van der Waals surface area contributed by atoms with Crippen molar-refractivity contribution in [3.05, 3.63) is 18.2 Å². The molecule has 4 nitrogen and oxygen atoms in total. The minimum atomic E-state index is -1.30. The molecule has 1 aromatic carbocycles. The number of piperidine rings is 1. The molecule has 3 rings (SSSR count). The van der Waals surface area contributed by atoms with Crippen molar-refractivity contribution in [1.29, 1.82) is 0 Å². The Kier molecular flexibility index (Phi) is 4.77. The van der Waals surface area contributed by atoms with Crippen LogP contribution in [0.2, 0.25) is 0 Å². The third-order valence-corrected chi connectivity index (χ3v) is 5.97. The maximum Gasteiger partial charge on any atom is 0.216 e. The molecule has 0 saturated carbocycles. The van der Waals surface area contributed by atoms with Crippen LogP contribution in [0.25, 0.3) is 10.2 Å². The Morgan fingerprint density at radius 2 is 2.22 bits per heavy atom. The molecule has 2 aromatic rings. The van der Waals surface area contributed by atoms with Crippen molar-refractivity contribution in [3.8, 4) is 0 Å². The lowest BCUT2D eigenvalue weighted by Gasteiger charge is -2.36. The Morgan fingerprint density at radius 3 is 2.87 bits per heavy atom. The normalized spacial score (nSPS) is 17.4. The highest BCUT2D eigenvalue weighted by molar-refractivity contribution is 7.98. The van der Waals surface area contributed by atoms with Crippen LogP contribution in [0.3, 0.4) is 0 Å². The zero-order valence-corrected chi connectivity index (χ0v) is 14.9. The second kappa shape index (κ2) is 6.65. The van der Waals surface area contributed by atoms with Crippen LogP contribution in [0.15, 0.2) is 23.1 Å². The van der Waals surface area contributed by atoms with Gasteiger partial charge in [0, 0.05) is 37.8 Å². The number of rotatable bonds is 4. The van der Waals surface area contributed by atoms with Gasteiger partial charge in [-0.3, -0.25) is 4.79 Å². The lowest BCUT2D eigenvalue weighted by atomic mass is 9.93. The number of hydrogen-bond donors (Lipinski definition) is 1. The Hall–Kier alpha value is -1.34. The van der Waals surface area contributed by atoms with Gasteiger partial charge in [-0.2, -0.15) is 0 Å². The number of thiazole rings is 1. The highest BCUT2D eigenvalue weighted by Gasteiger charge is 2.35. The fraction of sp³-hybridized carbons (Fsp3) is 0.500. The first-order valence-corrected chi connectivity index (χ1v) is 9.66. The number of thioether (sulfide) groups is 1. The molecular formula is C16H20FN3OS2. The molecule has 1 aromatic heterocycles. The third kappa shape index (κ3) is 3.77. The van der Waals surface area contributed by atoms with Crippen molar-refractivity contribution in [2.75, 3.05) is 30.8 Å². The molecule has 0 bridgehead atoms. The molecule has 1 fully saturated rings. The van der Waals surface area contributed by atoms with Gasteiger partial charge in [-0.05, 0) is 24.5 Å². The summed E-state index contributed by atoms with van der Waals surface area (Å²) >= 11 is 3.38. The second-order valence-electron chi connectivity index (χ2n) is 5.88. The Labute approximate surface area is 143 Å². The number of benzene rings is 1. The summed E-state index contributed by atoms with van der Waals surface area (Å²) in [4.78, 5) is 19.0. The van der Waals surface area contributed by atoms with E-state index in [0.29, 0.717) is 25.9 Å². The molecule has 0 aliphatic carbocycles. The van der Waals surface area contributed by atoms with Gasteiger partial charge in [0.2, 0.25) is 5.91 Å². The first-order valence-electron chi connectivity index (χ1n) is 7.62.